The highest BCUT2D eigenvalue weighted by molar-refractivity contribution is 5.93. The van der Waals surface area contributed by atoms with Crippen LogP contribution in [0.1, 0.15) is 48.9 Å². The van der Waals surface area contributed by atoms with Gasteiger partial charge in [-0.25, -0.2) is 4.39 Å². The third-order valence-electron chi connectivity index (χ3n) is 6.82. The van der Waals surface area contributed by atoms with Gasteiger partial charge in [0, 0.05) is 24.7 Å². The van der Waals surface area contributed by atoms with Crippen LogP contribution >= 0.6 is 0 Å². The standard InChI is InChI=1S/C30H32FN3O3/c1-4-5-28(35)32-33-29(36)17-8-21-6-9-23(10-7-21)30(2)27-16-15-26(37-3)20-22(27)18-19-34(30)25-13-11-24(31)12-14-25/h6-17,20H,4-5,18-19H2,1-3H3,(H,32,35)(H,33,36)/b17-8+. The number of nitrogens with zero attached hydrogens (tertiary/aromatic N) is 1. The Kier molecular flexibility index (Phi) is 7.92. The molecule has 1 unspecified atom stereocenters. The minimum atomic E-state index is -0.513. The summed E-state index contributed by atoms with van der Waals surface area (Å²) in [6, 6.07) is 20.8. The van der Waals surface area contributed by atoms with Crippen molar-refractivity contribution in [2.75, 3.05) is 18.6 Å². The monoisotopic (exact) mass is 501 g/mol. The summed E-state index contributed by atoms with van der Waals surface area (Å²) in [4.78, 5) is 25.9. The van der Waals surface area contributed by atoms with E-state index < -0.39 is 11.4 Å². The molecule has 0 saturated carbocycles. The number of ether oxygens (including phenoxy) is 1. The molecule has 4 rings (SSSR count). The molecular formula is C30H32FN3O3. The molecule has 1 aliphatic heterocycles. The number of methoxy groups -OCH3 is 1. The van der Waals surface area contributed by atoms with Crippen molar-refractivity contribution in [3.05, 3.63) is 101 Å². The minimum absolute atomic E-state index is 0.224. The van der Waals surface area contributed by atoms with E-state index in [4.69, 9.17) is 4.74 Å². The number of benzene rings is 3. The number of anilines is 1. The quantitative estimate of drug-likeness (QED) is 0.348. The number of carbonyl (C=O) groups is 2. The van der Waals surface area contributed by atoms with Gasteiger partial charge in [0.1, 0.15) is 11.6 Å². The zero-order valence-electron chi connectivity index (χ0n) is 21.4. The molecule has 192 valence electrons. The molecule has 3 aromatic carbocycles. The highest BCUT2D eigenvalue weighted by Gasteiger charge is 2.40. The number of rotatable bonds is 7. The largest absolute Gasteiger partial charge is 0.497 e. The zero-order chi connectivity index (χ0) is 26.4. The van der Waals surface area contributed by atoms with E-state index in [1.807, 2.05) is 37.3 Å². The fourth-order valence-corrected chi connectivity index (χ4v) is 4.85. The SMILES string of the molecule is CCCC(=O)NNC(=O)/C=C/c1ccc(C2(C)c3ccc(OC)cc3CCN2c2ccc(F)cc2)cc1. The van der Waals surface area contributed by atoms with Gasteiger partial charge in [-0.1, -0.05) is 37.3 Å². The lowest BCUT2D eigenvalue weighted by atomic mass is 9.76. The van der Waals surface area contributed by atoms with Gasteiger partial charge >= 0.3 is 0 Å². The summed E-state index contributed by atoms with van der Waals surface area (Å²) >= 11 is 0. The molecule has 37 heavy (non-hydrogen) atoms. The molecule has 2 amide bonds. The van der Waals surface area contributed by atoms with E-state index in [1.54, 1.807) is 13.2 Å². The summed E-state index contributed by atoms with van der Waals surface area (Å²) in [6.07, 6.45) is 4.99. The average Bonchev–Trinajstić information content (AvgIpc) is 2.91. The van der Waals surface area contributed by atoms with Crippen LogP contribution in [0, 0.1) is 5.82 Å². The molecule has 0 saturated heterocycles. The molecule has 0 aromatic heterocycles. The van der Waals surface area contributed by atoms with Crippen LogP contribution in [0.15, 0.2) is 72.8 Å². The zero-order valence-corrected chi connectivity index (χ0v) is 21.4. The van der Waals surface area contributed by atoms with Crippen LogP contribution in [0.3, 0.4) is 0 Å². The van der Waals surface area contributed by atoms with E-state index in [9.17, 15) is 14.0 Å². The summed E-state index contributed by atoms with van der Waals surface area (Å²) < 4.78 is 19.2. The molecule has 3 aromatic rings. The topological polar surface area (TPSA) is 70.7 Å². The first-order valence-electron chi connectivity index (χ1n) is 12.4. The predicted molar refractivity (Wildman–Crippen MR) is 144 cm³/mol. The van der Waals surface area contributed by atoms with Crippen LogP contribution in [0.4, 0.5) is 10.1 Å². The molecular weight excluding hydrogens is 469 g/mol. The second-order valence-electron chi connectivity index (χ2n) is 9.22. The number of hydrazine groups is 1. The Balaban J connectivity index is 1.63. The number of hydrogen-bond donors (Lipinski definition) is 2. The van der Waals surface area contributed by atoms with Crippen molar-refractivity contribution in [3.63, 3.8) is 0 Å². The van der Waals surface area contributed by atoms with Crippen molar-refractivity contribution in [1.82, 2.24) is 10.9 Å². The van der Waals surface area contributed by atoms with Crippen LogP contribution < -0.4 is 20.5 Å². The van der Waals surface area contributed by atoms with Gasteiger partial charge in [0.25, 0.3) is 5.91 Å². The van der Waals surface area contributed by atoms with Crippen LogP contribution in [0.25, 0.3) is 6.08 Å². The number of hydrogen-bond acceptors (Lipinski definition) is 4. The Hall–Kier alpha value is -4.13. The summed E-state index contributed by atoms with van der Waals surface area (Å²) in [5.41, 5.74) is 9.49. The van der Waals surface area contributed by atoms with E-state index in [2.05, 4.69) is 46.9 Å². The van der Waals surface area contributed by atoms with Crippen molar-refractivity contribution in [3.8, 4) is 5.75 Å². The minimum Gasteiger partial charge on any atom is -0.497 e. The van der Waals surface area contributed by atoms with Gasteiger partial charge in [0.2, 0.25) is 5.91 Å². The molecule has 0 spiro atoms. The van der Waals surface area contributed by atoms with Crippen molar-refractivity contribution >= 4 is 23.6 Å². The Morgan fingerprint density at radius 2 is 1.78 bits per heavy atom. The first-order valence-corrected chi connectivity index (χ1v) is 12.4. The van der Waals surface area contributed by atoms with Gasteiger partial charge in [-0.15, -0.1) is 0 Å². The summed E-state index contributed by atoms with van der Waals surface area (Å²) in [6.45, 7) is 4.83. The fraction of sp³-hybridized carbons (Fsp3) is 0.267. The summed E-state index contributed by atoms with van der Waals surface area (Å²) in [7, 11) is 1.67. The molecule has 6 nitrogen and oxygen atoms in total. The number of fused-ring (bicyclic) bond motifs is 1. The number of carbonyl (C=O) groups excluding carboxylic acids is 2. The Labute approximate surface area is 217 Å². The molecule has 0 fully saturated rings. The third kappa shape index (κ3) is 5.66. The third-order valence-corrected chi connectivity index (χ3v) is 6.82. The average molecular weight is 502 g/mol. The number of nitrogens with one attached hydrogen (secondary N) is 2. The van der Waals surface area contributed by atoms with Gasteiger partial charge in [-0.2, -0.15) is 0 Å². The number of amides is 2. The molecule has 0 aliphatic carbocycles. The van der Waals surface area contributed by atoms with E-state index in [0.717, 1.165) is 41.1 Å². The van der Waals surface area contributed by atoms with Gasteiger partial charge < -0.3 is 9.64 Å². The van der Waals surface area contributed by atoms with Crippen LogP contribution in [-0.2, 0) is 21.5 Å². The van der Waals surface area contributed by atoms with Crippen molar-refractivity contribution < 1.29 is 18.7 Å². The maximum Gasteiger partial charge on any atom is 0.262 e. The molecule has 1 heterocycles. The number of halogens is 1. The second-order valence-corrected chi connectivity index (χ2v) is 9.22. The highest BCUT2D eigenvalue weighted by atomic mass is 19.1. The first kappa shape index (κ1) is 25.9. The van der Waals surface area contributed by atoms with E-state index in [-0.39, 0.29) is 11.7 Å². The van der Waals surface area contributed by atoms with Gasteiger partial charge in [0.05, 0.1) is 12.6 Å². The molecule has 2 N–H and O–H groups in total. The lowest BCUT2D eigenvalue weighted by Gasteiger charge is -2.48. The maximum absolute atomic E-state index is 13.7. The molecule has 1 aliphatic rings. The first-order chi connectivity index (χ1) is 17.8. The van der Waals surface area contributed by atoms with Crippen molar-refractivity contribution in [2.24, 2.45) is 0 Å². The van der Waals surface area contributed by atoms with Crippen LogP contribution in [-0.4, -0.2) is 25.5 Å². The Morgan fingerprint density at radius 1 is 1.05 bits per heavy atom. The Bertz CT molecular complexity index is 1290. The van der Waals surface area contributed by atoms with Gasteiger partial charge in [0.15, 0.2) is 0 Å². The van der Waals surface area contributed by atoms with Crippen LogP contribution in [0.2, 0.25) is 0 Å². The molecule has 1 atom stereocenters. The maximum atomic E-state index is 13.7. The second kappa shape index (κ2) is 11.3. The molecule has 0 bridgehead atoms. The summed E-state index contributed by atoms with van der Waals surface area (Å²) in [5, 5.41) is 0. The van der Waals surface area contributed by atoms with Crippen molar-refractivity contribution in [1.29, 1.82) is 0 Å². The van der Waals surface area contributed by atoms with Crippen molar-refractivity contribution in [2.45, 2.75) is 38.6 Å². The fourth-order valence-electron chi connectivity index (χ4n) is 4.85. The van der Waals surface area contributed by atoms with E-state index in [0.29, 0.717) is 12.8 Å². The lowest BCUT2D eigenvalue weighted by molar-refractivity contribution is -0.126. The lowest BCUT2D eigenvalue weighted by Crippen LogP contribution is -2.49. The predicted octanol–water partition coefficient (Wildman–Crippen LogP) is 5.12. The Morgan fingerprint density at radius 3 is 2.46 bits per heavy atom. The smallest absolute Gasteiger partial charge is 0.262 e. The highest BCUT2D eigenvalue weighted by Crippen LogP contribution is 2.44. The molecule has 7 heteroatoms. The van der Waals surface area contributed by atoms with E-state index >= 15 is 0 Å². The normalized spacial score (nSPS) is 16.8. The van der Waals surface area contributed by atoms with Gasteiger partial charge in [-0.3, -0.25) is 20.4 Å². The summed E-state index contributed by atoms with van der Waals surface area (Å²) in [5.74, 6) is -0.0743. The van der Waals surface area contributed by atoms with Gasteiger partial charge in [-0.05, 0) is 84.5 Å². The van der Waals surface area contributed by atoms with E-state index in [1.165, 1.54) is 23.8 Å². The molecule has 0 radical (unpaired) electrons. The van der Waals surface area contributed by atoms with Crippen LogP contribution in [0.5, 0.6) is 5.75 Å².